The summed E-state index contributed by atoms with van der Waals surface area (Å²) >= 11 is 11.6. The molecule has 0 saturated heterocycles. The van der Waals surface area contributed by atoms with E-state index in [1.165, 1.54) is 19.3 Å². The maximum atomic E-state index is 10.6. The van der Waals surface area contributed by atoms with Gasteiger partial charge in [-0.25, -0.2) is 0 Å². The molecule has 0 saturated carbocycles. The highest BCUT2D eigenvalue weighted by Gasteiger charge is 2.24. The van der Waals surface area contributed by atoms with Crippen LogP contribution in [0, 0.1) is 0 Å². The number of aromatic nitrogens is 1. The summed E-state index contributed by atoms with van der Waals surface area (Å²) in [6.07, 6.45) is 1.23. The van der Waals surface area contributed by atoms with Crippen LogP contribution >= 0.6 is 23.2 Å². The molecule has 17 heavy (non-hydrogen) atoms. The molecule has 0 aromatic carbocycles. The average molecular weight is 301 g/mol. The van der Waals surface area contributed by atoms with E-state index in [-0.39, 0.29) is 15.6 Å². The van der Waals surface area contributed by atoms with Crippen LogP contribution in [0.5, 0.6) is 0 Å². The molecule has 0 spiro atoms. The molecule has 0 amide bonds. The van der Waals surface area contributed by atoms with Crippen molar-refractivity contribution in [1.82, 2.24) is 9.71 Å². The van der Waals surface area contributed by atoms with Crippen LogP contribution in [0.1, 0.15) is 18.6 Å². The highest BCUT2D eigenvalue weighted by molar-refractivity contribution is 7.83. The van der Waals surface area contributed by atoms with Crippen LogP contribution in [0.2, 0.25) is 10.0 Å². The first-order chi connectivity index (χ1) is 7.72. The van der Waals surface area contributed by atoms with Crippen LogP contribution in [0.15, 0.2) is 12.4 Å². The Labute approximate surface area is 108 Å². The molecular weight excluding hydrogens is 291 g/mol. The van der Waals surface area contributed by atoms with Gasteiger partial charge in [0.1, 0.15) is 0 Å². The third kappa shape index (κ3) is 4.06. The molecule has 3 N–H and O–H groups in total. The molecule has 2 atom stereocenters. The number of pyridine rings is 1. The van der Waals surface area contributed by atoms with E-state index in [2.05, 4.69) is 4.98 Å². The van der Waals surface area contributed by atoms with Gasteiger partial charge < -0.3 is 5.11 Å². The van der Waals surface area contributed by atoms with E-state index < -0.39 is 22.4 Å². The fourth-order valence-electron chi connectivity index (χ4n) is 1.25. The van der Waals surface area contributed by atoms with E-state index in [9.17, 15) is 13.5 Å². The molecule has 0 aliphatic rings. The molecule has 0 radical (unpaired) electrons. The fraction of sp³-hybridized carbons (Fsp3) is 0.375. The minimum absolute atomic E-state index is 0.106. The predicted octanol–water partition coefficient (Wildman–Crippen LogP) is 1.20. The number of rotatable bonds is 4. The zero-order chi connectivity index (χ0) is 13.2. The molecule has 0 aliphatic heterocycles. The summed E-state index contributed by atoms with van der Waals surface area (Å²) in [5, 5.41) is 10.1. The van der Waals surface area contributed by atoms with Crippen molar-refractivity contribution < 1.29 is 18.1 Å². The highest BCUT2D eigenvalue weighted by Crippen LogP contribution is 2.30. The number of nitrogens with zero attached hydrogens (tertiary/aromatic N) is 1. The Balaban J connectivity index is 3.00. The summed E-state index contributed by atoms with van der Waals surface area (Å²) in [5.74, 6) is 0. The Kier molecular flexibility index (Phi) is 4.70. The summed E-state index contributed by atoms with van der Waals surface area (Å²) in [5.41, 5.74) is 0.145. The standard InChI is InChI=1S/C8H10Cl2N2O4S/c1-4(12-17(14,15)16)8(13)7-5(9)2-11-3-6(7)10/h2-4,8,12-13H,1H3,(H,14,15,16)/t4-,8+/m1/s1. The van der Waals surface area contributed by atoms with Gasteiger partial charge in [0.15, 0.2) is 0 Å². The lowest BCUT2D eigenvalue weighted by atomic mass is 10.1. The van der Waals surface area contributed by atoms with Crippen LogP contribution in [0.25, 0.3) is 0 Å². The van der Waals surface area contributed by atoms with Crippen molar-refractivity contribution in [2.75, 3.05) is 0 Å². The SMILES string of the molecule is C[C@@H](NS(=O)(=O)O)[C@H](O)c1c(Cl)cncc1Cl. The second-order valence-electron chi connectivity index (χ2n) is 3.34. The quantitative estimate of drug-likeness (QED) is 0.726. The Bertz CT molecular complexity index is 488. The second-order valence-corrected chi connectivity index (χ2v) is 5.34. The Morgan fingerprint density at radius 2 is 1.82 bits per heavy atom. The maximum absolute atomic E-state index is 10.6. The molecule has 96 valence electrons. The molecule has 0 bridgehead atoms. The number of aliphatic hydroxyl groups excluding tert-OH is 1. The topological polar surface area (TPSA) is 99.5 Å². The van der Waals surface area contributed by atoms with Crippen LogP contribution < -0.4 is 4.72 Å². The largest absolute Gasteiger partial charge is 0.387 e. The third-order valence-corrected chi connectivity index (χ3v) is 3.27. The van der Waals surface area contributed by atoms with Crippen molar-refractivity contribution in [2.45, 2.75) is 19.1 Å². The van der Waals surface area contributed by atoms with Crippen molar-refractivity contribution in [3.8, 4) is 0 Å². The van der Waals surface area contributed by atoms with Gasteiger partial charge in [0.2, 0.25) is 0 Å². The van der Waals surface area contributed by atoms with Gasteiger partial charge in [-0.2, -0.15) is 13.1 Å². The molecule has 1 aromatic rings. The summed E-state index contributed by atoms with van der Waals surface area (Å²) in [6, 6.07) is -0.998. The first-order valence-electron chi connectivity index (χ1n) is 4.44. The van der Waals surface area contributed by atoms with E-state index >= 15 is 0 Å². The van der Waals surface area contributed by atoms with Crippen molar-refractivity contribution in [1.29, 1.82) is 0 Å². The molecule has 1 heterocycles. The van der Waals surface area contributed by atoms with E-state index in [1.54, 1.807) is 0 Å². The Morgan fingerprint density at radius 3 is 2.24 bits per heavy atom. The lowest BCUT2D eigenvalue weighted by molar-refractivity contribution is 0.145. The lowest BCUT2D eigenvalue weighted by Crippen LogP contribution is -2.36. The van der Waals surface area contributed by atoms with Crippen molar-refractivity contribution in [3.63, 3.8) is 0 Å². The number of halogens is 2. The van der Waals surface area contributed by atoms with Gasteiger partial charge in [-0.3, -0.25) is 9.54 Å². The summed E-state index contributed by atoms with van der Waals surface area (Å²) in [4.78, 5) is 3.70. The molecule has 9 heteroatoms. The van der Waals surface area contributed by atoms with Gasteiger partial charge in [0.25, 0.3) is 0 Å². The van der Waals surface area contributed by atoms with E-state index in [4.69, 9.17) is 27.8 Å². The maximum Gasteiger partial charge on any atom is 0.333 e. The highest BCUT2D eigenvalue weighted by atomic mass is 35.5. The molecule has 0 fully saturated rings. The van der Waals surface area contributed by atoms with Crippen molar-refractivity contribution in [2.24, 2.45) is 0 Å². The summed E-state index contributed by atoms with van der Waals surface area (Å²) < 4.78 is 31.6. The smallest absolute Gasteiger partial charge is 0.333 e. The predicted molar refractivity (Wildman–Crippen MR) is 63.4 cm³/mol. The zero-order valence-electron chi connectivity index (χ0n) is 8.63. The van der Waals surface area contributed by atoms with Gasteiger partial charge in [-0.1, -0.05) is 23.2 Å². The zero-order valence-corrected chi connectivity index (χ0v) is 11.0. The Hall–Kier alpha value is -0.440. The first kappa shape index (κ1) is 14.6. The second kappa shape index (κ2) is 5.47. The first-order valence-corrected chi connectivity index (χ1v) is 6.63. The molecule has 0 unspecified atom stereocenters. The van der Waals surface area contributed by atoms with Crippen LogP contribution in [-0.2, 0) is 10.3 Å². The van der Waals surface area contributed by atoms with E-state index in [0.717, 1.165) is 0 Å². The number of hydrogen-bond donors (Lipinski definition) is 3. The number of hydrogen-bond acceptors (Lipinski definition) is 4. The lowest BCUT2D eigenvalue weighted by Gasteiger charge is -2.20. The fourth-order valence-corrected chi connectivity index (χ4v) is 2.44. The van der Waals surface area contributed by atoms with Crippen LogP contribution in [-0.4, -0.2) is 29.1 Å². The molecule has 1 aromatic heterocycles. The number of aliphatic hydroxyl groups is 1. The van der Waals surface area contributed by atoms with Crippen molar-refractivity contribution in [3.05, 3.63) is 28.0 Å². The molecule has 0 aliphatic carbocycles. The van der Waals surface area contributed by atoms with Gasteiger partial charge in [-0.15, -0.1) is 0 Å². The normalized spacial score (nSPS) is 15.6. The number of nitrogens with one attached hydrogen (secondary N) is 1. The molecule has 6 nitrogen and oxygen atoms in total. The monoisotopic (exact) mass is 300 g/mol. The minimum atomic E-state index is -4.41. The van der Waals surface area contributed by atoms with Crippen LogP contribution in [0.4, 0.5) is 0 Å². The van der Waals surface area contributed by atoms with Gasteiger partial charge in [0, 0.05) is 18.0 Å². The molecule has 1 rings (SSSR count). The minimum Gasteiger partial charge on any atom is -0.387 e. The summed E-state index contributed by atoms with van der Waals surface area (Å²) in [6.45, 7) is 1.35. The van der Waals surface area contributed by atoms with Gasteiger partial charge in [-0.05, 0) is 6.92 Å². The van der Waals surface area contributed by atoms with Gasteiger partial charge >= 0.3 is 10.3 Å². The van der Waals surface area contributed by atoms with E-state index in [0.29, 0.717) is 0 Å². The van der Waals surface area contributed by atoms with Crippen LogP contribution in [0.3, 0.4) is 0 Å². The van der Waals surface area contributed by atoms with E-state index in [1.807, 2.05) is 4.72 Å². The van der Waals surface area contributed by atoms with Gasteiger partial charge in [0.05, 0.1) is 22.2 Å². The van der Waals surface area contributed by atoms with Crippen molar-refractivity contribution >= 4 is 33.5 Å². The Morgan fingerprint density at radius 1 is 1.35 bits per heavy atom. The average Bonchev–Trinajstić information content (AvgIpc) is 2.14. The third-order valence-electron chi connectivity index (χ3n) is 1.99. The summed E-state index contributed by atoms with van der Waals surface area (Å²) in [7, 11) is -4.41. The molecular formula is C8H10Cl2N2O4S.